The molecule has 0 spiro atoms. The number of fused-ring (bicyclic) bond motifs is 1. The van der Waals surface area contributed by atoms with Crippen LogP contribution in [-0.2, 0) is 22.5 Å². The molecule has 3 rings (SSSR count). The Labute approximate surface area is 160 Å². The van der Waals surface area contributed by atoms with Crippen LogP contribution in [0.5, 0.6) is 0 Å². The van der Waals surface area contributed by atoms with Gasteiger partial charge in [0.25, 0.3) is 0 Å². The normalized spacial score (nSPS) is 15.7. The topological polar surface area (TPSA) is 41.6 Å². The number of hydrogen-bond donors (Lipinski definition) is 1. The Bertz CT molecular complexity index is 724. The molecule has 0 fully saturated rings. The Morgan fingerprint density at radius 3 is 2.65 bits per heavy atom. The van der Waals surface area contributed by atoms with Gasteiger partial charge in [-0.1, -0.05) is 38.1 Å². The zero-order chi connectivity index (χ0) is 18.5. The molecule has 0 bridgehead atoms. The van der Waals surface area contributed by atoms with Crippen molar-refractivity contribution in [3.05, 3.63) is 57.3 Å². The number of thiophene rings is 1. The SMILES string of the molecule is COCC(=O)NCC(c1ccc(C(C)C)cc1)N1CCc2sccc2C1. The lowest BCUT2D eigenvalue weighted by Gasteiger charge is -2.35. The van der Waals surface area contributed by atoms with Crippen LogP contribution in [0.15, 0.2) is 35.7 Å². The second kappa shape index (κ2) is 8.80. The average Bonchev–Trinajstić information content (AvgIpc) is 3.10. The fourth-order valence-electron chi connectivity index (χ4n) is 3.49. The first-order valence-electron chi connectivity index (χ1n) is 9.23. The van der Waals surface area contributed by atoms with Crippen LogP contribution in [0.25, 0.3) is 0 Å². The summed E-state index contributed by atoms with van der Waals surface area (Å²) in [5.41, 5.74) is 4.02. The van der Waals surface area contributed by atoms with Crippen LogP contribution in [0.1, 0.15) is 47.4 Å². The largest absolute Gasteiger partial charge is 0.375 e. The molecular weight excluding hydrogens is 344 g/mol. The third-order valence-electron chi connectivity index (χ3n) is 5.03. The Balaban J connectivity index is 1.78. The summed E-state index contributed by atoms with van der Waals surface area (Å²) in [6.07, 6.45) is 1.08. The van der Waals surface area contributed by atoms with Gasteiger partial charge in [-0.2, -0.15) is 0 Å². The zero-order valence-corrected chi connectivity index (χ0v) is 16.6. The van der Waals surface area contributed by atoms with Gasteiger partial charge in [-0.05, 0) is 40.5 Å². The summed E-state index contributed by atoms with van der Waals surface area (Å²) in [4.78, 5) is 15.9. The first-order chi connectivity index (χ1) is 12.6. The molecule has 1 aromatic heterocycles. The molecule has 0 saturated heterocycles. The van der Waals surface area contributed by atoms with Crippen molar-refractivity contribution < 1.29 is 9.53 Å². The van der Waals surface area contributed by atoms with Crippen molar-refractivity contribution in [2.45, 2.75) is 38.8 Å². The van der Waals surface area contributed by atoms with Gasteiger partial charge in [0.05, 0.1) is 6.04 Å². The van der Waals surface area contributed by atoms with Gasteiger partial charge in [-0.15, -0.1) is 11.3 Å². The minimum atomic E-state index is -0.0652. The summed E-state index contributed by atoms with van der Waals surface area (Å²) >= 11 is 1.85. The van der Waals surface area contributed by atoms with Gasteiger partial charge in [0.15, 0.2) is 0 Å². The second-order valence-corrected chi connectivity index (χ2v) is 8.16. The molecule has 0 radical (unpaired) electrons. The van der Waals surface area contributed by atoms with E-state index in [-0.39, 0.29) is 18.6 Å². The van der Waals surface area contributed by atoms with Crippen molar-refractivity contribution >= 4 is 17.2 Å². The molecule has 1 atom stereocenters. The quantitative estimate of drug-likeness (QED) is 0.805. The van der Waals surface area contributed by atoms with E-state index in [9.17, 15) is 4.79 Å². The van der Waals surface area contributed by atoms with Gasteiger partial charge in [0.1, 0.15) is 6.61 Å². The standard InChI is InChI=1S/C21H28N2O2S/c1-15(2)16-4-6-17(7-5-16)19(12-22-21(24)14-25-3)23-10-8-20-18(13-23)9-11-26-20/h4-7,9,11,15,19H,8,10,12-14H2,1-3H3,(H,22,24). The molecule has 1 aliphatic rings. The molecule has 4 nitrogen and oxygen atoms in total. The van der Waals surface area contributed by atoms with Crippen molar-refractivity contribution in [3.63, 3.8) is 0 Å². The van der Waals surface area contributed by atoms with E-state index in [1.54, 1.807) is 7.11 Å². The number of nitrogens with one attached hydrogen (secondary N) is 1. The van der Waals surface area contributed by atoms with E-state index in [1.165, 1.54) is 21.6 Å². The fraction of sp³-hybridized carbons (Fsp3) is 0.476. The van der Waals surface area contributed by atoms with Gasteiger partial charge in [-0.3, -0.25) is 9.69 Å². The first-order valence-corrected chi connectivity index (χ1v) is 10.1. The van der Waals surface area contributed by atoms with Gasteiger partial charge in [0, 0.05) is 31.6 Å². The van der Waals surface area contributed by atoms with Crippen molar-refractivity contribution in [1.82, 2.24) is 10.2 Å². The van der Waals surface area contributed by atoms with Crippen LogP contribution in [-0.4, -0.2) is 37.6 Å². The molecule has 1 unspecified atom stereocenters. The Morgan fingerprint density at radius 1 is 1.23 bits per heavy atom. The van der Waals surface area contributed by atoms with Crippen molar-refractivity contribution in [1.29, 1.82) is 0 Å². The predicted octanol–water partition coefficient (Wildman–Crippen LogP) is 3.73. The van der Waals surface area contributed by atoms with Gasteiger partial charge in [0.2, 0.25) is 5.91 Å². The molecule has 1 aromatic carbocycles. The highest BCUT2D eigenvalue weighted by Gasteiger charge is 2.26. The van der Waals surface area contributed by atoms with E-state index in [0.717, 1.165) is 19.5 Å². The summed E-state index contributed by atoms with van der Waals surface area (Å²) in [6.45, 7) is 7.08. The third-order valence-corrected chi connectivity index (χ3v) is 6.06. The second-order valence-electron chi connectivity index (χ2n) is 7.16. The van der Waals surface area contributed by atoms with Gasteiger partial charge >= 0.3 is 0 Å². The molecule has 0 aliphatic carbocycles. The number of benzene rings is 1. The van der Waals surface area contributed by atoms with E-state index < -0.39 is 0 Å². The Hall–Kier alpha value is -1.69. The maximum absolute atomic E-state index is 11.9. The lowest BCUT2D eigenvalue weighted by Crippen LogP contribution is -2.41. The van der Waals surface area contributed by atoms with Crippen LogP contribution in [0.3, 0.4) is 0 Å². The first kappa shape index (κ1) is 19.1. The molecule has 1 amide bonds. The molecular formula is C21H28N2O2S. The monoisotopic (exact) mass is 372 g/mol. The highest BCUT2D eigenvalue weighted by Crippen LogP contribution is 2.30. The van der Waals surface area contributed by atoms with Gasteiger partial charge in [-0.25, -0.2) is 0 Å². The van der Waals surface area contributed by atoms with Gasteiger partial charge < -0.3 is 10.1 Å². The number of rotatable bonds is 7. The molecule has 1 N–H and O–H groups in total. The summed E-state index contributed by atoms with van der Waals surface area (Å²) in [6, 6.07) is 11.3. The van der Waals surface area contributed by atoms with Crippen LogP contribution in [0.4, 0.5) is 0 Å². The molecule has 2 aromatic rings. The maximum Gasteiger partial charge on any atom is 0.246 e. The number of carbonyl (C=O) groups excluding carboxylic acids is 1. The highest BCUT2D eigenvalue weighted by atomic mass is 32.1. The molecule has 5 heteroatoms. The molecule has 0 saturated carbocycles. The zero-order valence-electron chi connectivity index (χ0n) is 15.8. The van der Waals surface area contributed by atoms with Crippen molar-refractivity contribution in [2.24, 2.45) is 0 Å². The van der Waals surface area contributed by atoms with E-state index >= 15 is 0 Å². The summed E-state index contributed by atoms with van der Waals surface area (Å²) in [5.74, 6) is 0.455. The van der Waals surface area contributed by atoms with Crippen molar-refractivity contribution in [3.8, 4) is 0 Å². The van der Waals surface area contributed by atoms with Crippen LogP contribution < -0.4 is 5.32 Å². The minimum Gasteiger partial charge on any atom is -0.375 e. The molecule has 26 heavy (non-hydrogen) atoms. The van der Waals surface area contributed by atoms with Crippen LogP contribution in [0.2, 0.25) is 0 Å². The van der Waals surface area contributed by atoms with E-state index in [0.29, 0.717) is 12.5 Å². The lowest BCUT2D eigenvalue weighted by atomic mass is 9.97. The van der Waals surface area contributed by atoms with E-state index in [4.69, 9.17) is 4.74 Å². The van der Waals surface area contributed by atoms with E-state index in [1.807, 2.05) is 11.3 Å². The number of carbonyl (C=O) groups is 1. The molecule has 140 valence electrons. The van der Waals surface area contributed by atoms with Crippen molar-refractivity contribution in [2.75, 3.05) is 26.8 Å². The predicted molar refractivity (Wildman–Crippen MR) is 107 cm³/mol. The number of ether oxygens (including phenoxy) is 1. The minimum absolute atomic E-state index is 0.0652. The van der Waals surface area contributed by atoms with Crippen LogP contribution in [0, 0.1) is 0 Å². The summed E-state index contributed by atoms with van der Waals surface area (Å²) < 4.78 is 4.94. The van der Waals surface area contributed by atoms with E-state index in [2.05, 4.69) is 59.8 Å². The van der Waals surface area contributed by atoms with Crippen LogP contribution >= 0.6 is 11.3 Å². The third kappa shape index (κ3) is 4.53. The maximum atomic E-state index is 11.9. The average molecular weight is 373 g/mol. The smallest absolute Gasteiger partial charge is 0.246 e. The summed E-state index contributed by atoms with van der Waals surface area (Å²) in [7, 11) is 1.55. The summed E-state index contributed by atoms with van der Waals surface area (Å²) in [5, 5.41) is 5.21. The fourth-order valence-corrected chi connectivity index (χ4v) is 4.38. The lowest BCUT2D eigenvalue weighted by molar-refractivity contribution is -0.125. The Morgan fingerprint density at radius 2 is 1.96 bits per heavy atom. The molecule has 2 heterocycles. The number of methoxy groups -OCH3 is 1. The number of hydrogen-bond acceptors (Lipinski definition) is 4. The Kier molecular flexibility index (Phi) is 6.46. The highest BCUT2D eigenvalue weighted by molar-refractivity contribution is 7.10. The number of amides is 1. The number of nitrogens with zero attached hydrogens (tertiary/aromatic N) is 1. The molecule has 1 aliphatic heterocycles.